The van der Waals surface area contributed by atoms with E-state index in [1.54, 1.807) is 14.0 Å². The average Bonchev–Trinajstić information content (AvgIpc) is 2.88. The molecule has 0 unspecified atom stereocenters. The Bertz CT molecular complexity index is 560. The van der Waals surface area contributed by atoms with Crippen LogP contribution in [0.4, 0.5) is 0 Å². The van der Waals surface area contributed by atoms with Gasteiger partial charge in [-0.1, -0.05) is 18.1 Å². The summed E-state index contributed by atoms with van der Waals surface area (Å²) in [4.78, 5) is 4.09. The minimum Gasteiger partial charge on any atom is -0.493 e. The van der Waals surface area contributed by atoms with E-state index in [1.807, 2.05) is 18.2 Å². The topological polar surface area (TPSA) is 69.4 Å². The van der Waals surface area contributed by atoms with E-state index in [-0.39, 0.29) is 19.0 Å². The van der Waals surface area contributed by atoms with Crippen LogP contribution in [0.1, 0.15) is 24.2 Å². The van der Waals surface area contributed by atoms with E-state index in [2.05, 4.69) is 22.4 Å². The van der Waals surface area contributed by atoms with Crippen molar-refractivity contribution in [2.75, 3.05) is 13.7 Å². The molecule has 1 aromatic carbocycles. The molecule has 6 nitrogen and oxygen atoms in total. The number of benzene rings is 1. The van der Waals surface area contributed by atoms with Crippen LogP contribution in [0.15, 0.2) is 22.7 Å². The molecule has 0 atom stereocenters. The fourth-order valence-corrected chi connectivity index (χ4v) is 1.75. The molecular formula is C14H20ClN3O3. The van der Waals surface area contributed by atoms with Crippen molar-refractivity contribution in [2.24, 2.45) is 0 Å². The van der Waals surface area contributed by atoms with Crippen LogP contribution in [0.2, 0.25) is 0 Å². The monoisotopic (exact) mass is 313 g/mol. The minimum atomic E-state index is 0. The average molecular weight is 314 g/mol. The molecule has 1 aromatic heterocycles. The van der Waals surface area contributed by atoms with Crippen LogP contribution in [-0.2, 0) is 13.2 Å². The third kappa shape index (κ3) is 4.91. The van der Waals surface area contributed by atoms with Crippen LogP contribution < -0.4 is 14.8 Å². The molecule has 1 heterocycles. The summed E-state index contributed by atoms with van der Waals surface area (Å²) in [6.07, 6.45) is 0. The fourth-order valence-electron chi connectivity index (χ4n) is 1.75. The van der Waals surface area contributed by atoms with E-state index in [1.165, 1.54) is 0 Å². The predicted octanol–water partition coefficient (Wildman–Crippen LogP) is 2.50. The van der Waals surface area contributed by atoms with Crippen LogP contribution in [0.3, 0.4) is 0 Å². The quantitative estimate of drug-likeness (QED) is 0.847. The molecule has 0 aliphatic carbocycles. The van der Waals surface area contributed by atoms with Crippen LogP contribution in [0.25, 0.3) is 0 Å². The Morgan fingerprint density at radius 1 is 1.29 bits per heavy atom. The molecule has 21 heavy (non-hydrogen) atoms. The molecule has 0 saturated heterocycles. The summed E-state index contributed by atoms with van der Waals surface area (Å²) in [5, 5.41) is 6.98. The van der Waals surface area contributed by atoms with Crippen molar-refractivity contribution in [2.45, 2.75) is 27.0 Å². The summed E-state index contributed by atoms with van der Waals surface area (Å²) in [6, 6.07) is 5.84. The number of aromatic nitrogens is 2. The Morgan fingerprint density at radius 2 is 2.10 bits per heavy atom. The van der Waals surface area contributed by atoms with Gasteiger partial charge in [-0.05, 0) is 31.2 Å². The first-order valence-electron chi connectivity index (χ1n) is 6.52. The SMILES string of the molecule is CCNCc1ccc(OCc2nc(C)no2)c(OC)c1.Cl. The second-order valence-electron chi connectivity index (χ2n) is 4.29. The first-order chi connectivity index (χ1) is 9.72. The van der Waals surface area contributed by atoms with Crippen molar-refractivity contribution < 1.29 is 14.0 Å². The van der Waals surface area contributed by atoms with Crippen LogP contribution >= 0.6 is 12.4 Å². The molecule has 0 saturated carbocycles. The summed E-state index contributed by atoms with van der Waals surface area (Å²) in [5.41, 5.74) is 1.14. The fraction of sp³-hybridized carbons (Fsp3) is 0.429. The van der Waals surface area contributed by atoms with E-state index in [4.69, 9.17) is 14.0 Å². The lowest BCUT2D eigenvalue weighted by Gasteiger charge is -2.11. The molecule has 0 spiro atoms. The molecule has 0 bridgehead atoms. The van der Waals surface area contributed by atoms with Crippen molar-refractivity contribution in [1.29, 1.82) is 0 Å². The lowest BCUT2D eigenvalue weighted by atomic mass is 10.2. The highest BCUT2D eigenvalue weighted by molar-refractivity contribution is 5.85. The van der Waals surface area contributed by atoms with Gasteiger partial charge in [0.15, 0.2) is 23.9 Å². The normalized spacial score (nSPS) is 10.0. The molecule has 0 aliphatic heterocycles. The summed E-state index contributed by atoms with van der Waals surface area (Å²) < 4.78 is 16.0. The Morgan fingerprint density at radius 3 is 2.71 bits per heavy atom. The number of ether oxygens (including phenoxy) is 2. The lowest BCUT2D eigenvalue weighted by molar-refractivity contribution is 0.233. The Kier molecular flexibility index (Phi) is 6.98. The van der Waals surface area contributed by atoms with Gasteiger partial charge in [0.05, 0.1) is 7.11 Å². The number of nitrogens with one attached hydrogen (secondary N) is 1. The van der Waals surface area contributed by atoms with Gasteiger partial charge < -0.3 is 19.3 Å². The van der Waals surface area contributed by atoms with E-state index in [9.17, 15) is 0 Å². The van der Waals surface area contributed by atoms with Crippen LogP contribution in [0.5, 0.6) is 11.5 Å². The van der Waals surface area contributed by atoms with E-state index >= 15 is 0 Å². The Balaban J connectivity index is 0.00000220. The predicted molar refractivity (Wildman–Crippen MR) is 81.0 cm³/mol. The number of nitrogens with zero attached hydrogens (tertiary/aromatic N) is 2. The second-order valence-corrected chi connectivity index (χ2v) is 4.29. The van der Waals surface area contributed by atoms with Gasteiger partial charge in [0.1, 0.15) is 0 Å². The zero-order chi connectivity index (χ0) is 14.4. The van der Waals surface area contributed by atoms with Crippen LogP contribution in [-0.4, -0.2) is 23.8 Å². The standard InChI is InChI=1S/C14H19N3O3.ClH/c1-4-15-8-11-5-6-12(13(7-11)18-3)19-9-14-16-10(2)17-20-14;/h5-7,15H,4,8-9H2,1-3H3;1H. The van der Waals surface area contributed by atoms with Gasteiger partial charge in [0.25, 0.3) is 5.89 Å². The van der Waals surface area contributed by atoms with Gasteiger partial charge in [0.2, 0.25) is 0 Å². The molecule has 0 amide bonds. The number of hydrogen-bond donors (Lipinski definition) is 1. The second kappa shape index (κ2) is 8.49. The van der Waals surface area contributed by atoms with Crippen molar-refractivity contribution >= 4 is 12.4 Å². The van der Waals surface area contributed by atoms with Gasteiger partial charge >= 0.3 is 0 Å². The summed E-state index contributed by atoms with van der Waals surface area (Å²) in [7, 11) is 1.62. The smallest absolute Gasteiger partial charge is 0.264 e. The summed E-state index contributed by atoms with van der Waals surface area (Å²) in [5.74, 6) is 2.39. The van der Waals surface area contributed by atoms with Gasteiger partial charge in [-0.15, -0.1) is 12.4 Å². The third-order valence-corrected chi connectivity index (χ3v) is 2.73. The number of aryl methyl sites for hydroxylation is 1. The molecule has 0 aliphatic rings. The maximum atomic E-state index is 5.65. The molecule has 116 valence electrons. The third-order valence-electron chi connectivity index (χ3n) is 2.73. The van der Waals surface area contributed by atoms with E-state index < -0.39 is 0 Å². The first kappa shape index (κ1) is 17.3. The maximum Gasteiger partial charge on any atom is 0.264 e. The zero-order valence-corrected chi connectivity index (χ0v) is 13.2. The lowest BCUT2D eigenvalue weighted by Crippen LogP contribution is -2.11. The van der Waals surface area contributed by atoms with Crippen molar-refractivity contribution in [3.05, 3.63) is 35.5 Å². The van der Waals surface area contributed by atoms with E-state index in [0.717, 1.165) is 18.7 Å². The Hall–Kier alpha value is -1.79. The van der Waals surface area contributed by atoms with E-state index in [0.29, 0.717) is 23.2 Å². The van der Waals surface area contributed by atoms with Gasteiger partial charge in [0, 0.05) is 6.54 Å². The molecule has 1 N–H and O–H groups in total. The van der Waals surface area contributed by atoms with Crippen molar-refractivity contribution in [1.82, 2.24) is 15.5 Å². The highest BCUT2D eigenvalue weighted by Crippen LogP contribution is 2.28. The number of rotatable bonds is 7. The summed E-state index contributed by atoms with van der Waals surface area (Å²) in [6.45, 7) is 5.79. The minimum absolute atomic E-state index is 0. The largest absolute Gasteiger partial charge is 0.493 e. The number of hydrogen-bond acceptors (Lipinski definition) is 6. The highest BCUT2D eigenvalue weighted by atomic mass is 35.5. The number of halogens is 1. The van der Waals surface area contributed by atoms with Gasteiger partial charge in [-0.3, -0.25) is 0 Å². The van der Waals surface area contributed by atoms with Crippen molar-refractivity contribution in [3.8, 4) is 11.5 Å². The molecule has 7 heteroatoms. The highest BCUT2D eigenvalue weighted by Gasteiger charge is 2.08. The zero-order valence-electron chi connectivity index (χ0n) is 12.4. The van der Waals surface area contributed by atoms with Crippen molar-refractivity contribution in [3.63, 3.8) is 0 Å². The molecule has 2 aromatic rings. The number of methoxy groups -OCH3 is 1. The summed E-state index contributed by atoms with van der Waals surface area (Å²) >= 11 is 0. The Labute approximate surface area is 130 Å². The van der Waals surface area contributed by atoms with Crippen LogP contribution in [0, 0.1) is 6.92 Å². The molecule has 0 radical (unpaired) electrons. The molecular weight excluding hydrogens is 294 g/mol. The first-order valence-corrected chi connectivity index (χ1v) is 6.52. The van der Waals surface area contributed by atoms with Gasteiger partial charge in [-0.25, -0.2) is 0 Å². The van der Waals surface area contributed by atoms with Gasteiger partial charge in [-0.2, -0.15) is 4.98 Å². The molecule has 2 rings (SSSR count). The maximum absolute atomic E-state index is 5.65. The molecule has 0 fully saturated rings.